The van der Waals surface area contributed by atoms with E-state index in [2.05, 4.69) is 63.0 Å². The van der Waals surface area contributed by atoms with Crippen LogP contribution in [0.25, 0.3) is 11.1 Å². The molecule has 0 heterocycles. The predicted molar refractivity (Wildman–Crippen MR) is 177 cm³/mol. The van der Waals surface area contributed by atoms with Crippen LogP contribution in [0, 0.1) is 0 Å². The molecule has 0 aliphatic heterocycles. The fourth-order valence-electron chi connectivity index (χ4n) is 4.88. The van der Waals surface area contributed by atoms with E-state index in [-0.39, 0.29) is 12.3 Å². The number of carboxylic acid groups (broad SMARTS) is 1. The normalized spacial score (nSPS) is 11.3. The molecule has 0 aliphatic rings. The van der Waals surface area contributed by atoms with Crippen LogP contribution in [0.1, 0.15) is 33.1 Å². The summed E-state index contributed by atoms with van der Waals surface area (Å²) in [5.74, 6) is -1.69. The summed E-state index contributed by atoms with van der Waals surface area (Å²) in [5.41, 5.74) is 5.37. The van der Waals surface area contributed by atoms with Crippen molar-refractivity contribution < 1.29 is 24.2 Å². The van der Waals surface area contributed by atoms with Gasteiger partial charge in [-0.2, -0.15) is 0 Å². The molecule has 226 valence electrons. The highest BCUT2D eigenvalue weighted by molar-refractivity contribution is 9.10. The third-order valence-electron chi connectivity index (χ3n) is 7.24. The number of para-hydroxylation sites is 1. The van der Waals surface area contributed by atoms with Crippen LogP contribution in [-0.4, -0.2) is 29.4 Å². The van der Waals surface area contributed by atoms with E-state index in [4.69, 9.17) is 4.74 Å². The standard InChI is InChI=1S/C37H31BrN2O5/c38-33-23-30(35(41)39-21-20-25-14-16-27(17-15-25)26-8-3-1-4-9-26)19-18-28(33)24-34(40-36(42)37(43)44)29-10-7-13-32(22-29)45-31-11-5-2-6-12-31/h1-19,22-23,34H,20-21,24H2,(H,39,41)(H,40,42)(H,43,44). The second-order valence-corrected chi connectivity index (χ2v) is 11.3. The smallest absolute Gasteiger partial charge is 0.394 e. The molecule has 0 aliphatic carbocycles. The lowest BCUT2D eigenvalue weighted by atomic mass is 9.97. The molecule has 5 rings (SSSR count). The molecule has 5 aromatic carbocycles. The summed E-state index contributed by atoms with van der Waals surface area (Å²) in [4.78, 5) is 36.5. The summed E-state index contributed by atoms with van der Waals surface area (Å²) in [6.45, 7) is 0.480. The Morgan fingerprint density at radius 3 is 2.09 bits per heavy atom. The SMILES string of the molecule is O=C(O)C(=O)NC(Cc1ccc(C(=O)NCCc2ccc(-c3ccccc3)cc2)cc1Br)c1cccc(Oc2ccccc2)c1. The second kappa shape index (κ2) is 15.0. The summed E-state index contributed by atoms with van der Waals surface area (Å²) >= 11 is 3.57. The van der Waals surface area contributed by atoms with Gasteiger partial charge in [-0.05, 0) is 77.1 Å². The van der Waals surface area contributed by atoms with Gasteiger partial charge < -0.3 is 20.5 Å². The summed E-state index contributed by atoms with van der Waals surface area (Å²) in [5, 5.41) is 14.8. The molecule has 8 heteroatoms. The van der Waals surface area contributed by atoms with Crippen LogP contribution < -0.4 is 15.4 Å². The molecule has 0 radical (unpaired) electrons. The molecule has 45 heavy (non-hydrogen) atoms. The number of nitrogens with one attached hydrogen (secondary N) is 2. The molecule has 0 spiro atoms. The van der Waals surface area contributed by atoms with Crippen LogP contribution >= 0.6 is 15.9 Å². The maximum atomic E-state index is 12.9. The van der Waals surface area contributed by atoms with Crippen molar-refractivity contribution in [3.05, 3.63) is 154 Å². The number of aliphatic carboxylic acids is 1. The Kier molecular flexibility index (Phi) is 10.4. The maximum absolute atomic E-state index is 12.9. The highest BCUT2D eigenvalue weighted by Crippen LogP contribution is 2.29. The molecule has 2 amide bonds. The highest BCUT2D eigenvalue weighted by atomic mass is 79.9. The maximum Gasteiger partial charge on any atom is 0.394 e. The number of rotatable bonds is 11. The number of halogens is 1. The molecule has 0 fully saturated rings. The van der Waals surface area contributed by atoms with Crippen molar-refractivity contribution in [2.24, 2.45) is 0 Å². The molecule has 3 N–H and O–H groups in total. The summed E-state index contributed by atoms with van der Waals surface area (Å²) < 4.78 is 6.60. The molecule has 0 saturated carbocycles. The number of amides is 2. The van der Waals surface area contributed by atoms with E-state index < -0.39 is 17.9 Å². The van der Waals surface area contributed by atoms with E-state index in [0.29, 0.717) is 40.1 Å². The zero-order valence-electron chi connectivity index (χ0n) is 24.3. The quantitative estimate of drug-likeness (QED) is 0.128. The zero-order valence-corrected chi connectivity index (χ0v) is 25.9. The van der Waals surface area contributed by atoms with E-state index in [1.165, 1.54) is 0 Å². The largest absolute Gasteiger partial charge is 0.474 e. The third-order valence-corrected chi connectivity index (χ3v) is 7.98. The molecule has 1 atom stereocenters. The lowest BCUT2D eigenvalue weighted by Crippen LogP contribution is -2.35. The summed E-state index contributed by atoms with van der Waals surface area (Å²) in [6.07, 6.45) is 0.966. The van der Waals surface area contributed by atoms with E-state index >= 15 is 0 Å². The van der Waals surface area contributed by atoms with Gasteiger partial charge in [-0.25, -0.2) is 4.79 Å². The number of benzene rings is 5. The summed E-state index contributed by atoms with van der Waals surface area (Å²) in [7, 11) is 0. The first-order chi connectivity index (χ1) is 21.9. The average Bonchev–Trinajstić information content (AvgIpc) is 3.06. The van der Waals surface area contributed by atoms with Crippen molar-refractivity contribution in [1.29, 1.82) is 0 Å². The van der Waals surface area contributed by atoms with E-state index in [1.54, 1.807) is 42.5 Å². The van der Waals surface area contributed by atoms with Crippen LogP contribution in [0.3, 0.4) is 0 Å². The molecule has 0 saturated heterocycles. The Morgan fingerprint density at radius 2 is 1.40 bits per heavy atom. The Bertz CT molecular complexity index is 1780. The molecular formula is C37H31BrN2O5. The van der Waals surface area contributed by atoms with Crippen LogP contribution in [0.4, 0.5) is 0 Å². The van der Waals surface area contributed by atoms with Gasteiger partial charge in [-0.15, -0.1) is 0 Å². The minimum Gasteiger partial charge on any atom is -0.474 e. The number of hydrogen-bond donors (Lipinski definition) is 3. The van der Waals surface area contributed by atoms with Gasteiger partial charge in [0.25, 0.3) is 5.91 Å². The molecular weight excluding hydrogens is 632 g/mol. The van der Waals surface area contributed by atoms with Gasteiger partial charge in [0.15, 0.2) is 0 Å². The van der Waals surface area contributed by atoms with Crippen molar-refractivity contribution >= 4 is 33.7 Å². The van der Waals surface area contributed by atoms with Gasteiger partial charge in [0, 0.05) is 16.6 Å². The number of hydrogen-bond acceptors (Lipinski definition) is 4. The van der Waals surface area contributed by atoms with Crippen molar-refractivity contribution in [2.45, 2.75) is 18.9 Å². The van der Waals surface area contributed by atoms with Gasteiger partial charge in [0.05, 0.1) is 6.04 Å². The van der Waals surface area contributed by atoms with Crippen LogP contribution in [0.5, 0.6) is 11.5 Å². The van der Waals surface area contributed by atoms with Gasteiger partial charge in [-0.1, -0.05) is 107 Å². The molecule has 0 bridgehead atoms. The lowest BCUT2D eigenvalue weighted by Gasteiger charge is -2.20. The molecule has 0 aromatic heterocycles. The fraction of sp³-hybridized carbons (Fsp3) is 0.108. The Hall–Kier alpha value is -5.21. The second-order valence-electron chi connectivity index (χ2n) is 10.4. The van der Waals surface area contributed by atoms with Gasteiger partial charge in [-0.3, -0.25) is 9.59 Å². The molecule has 7 nitrogen and oxygen atoms in total. The number of carbonyl (C=O) groups is 3. The monoisotopic (exact) mass is 662 g/mol. The Labute approximate surface area is 270 Å². The molecule has 5 aromatic rings. The van der Waals surface area contributed by atoms with Crippen molar-refractivity contribution in [3.63, 3.8) is 0 Å². The Morgan fingerprint density at radius 1 is 0.733 bits per heavy atom. The highest BCUT2D eigenvalue weighted by Gasteiger charge is 2.21. The van der Waals surface area contributed by atoms with Crippen molar-refractivity contribution in [2.75, 3.05) is 6.54 Å². The van der Waals surface area contributed by atoms with Crippen LogP contribution in [0.15, 0.2) is 132 Å². The predicted octanol–water partition coefficient (Wildman–Crippen LogP) is 7.37. The summed E-state index contributed by atoms with van der Waals surface area (Å²) in [6, 6.07) is 39.5. The van der Waals surface area contributed by atoms with Gasteiger partial charge in [0.2, 0.25) is 0 Å². The van der Waals surface area contributed by atoms with E-state index in [1.807, 2.05) is 48.5 Å². The zero-order chi connectivity index (χ0) is 31.6. The number of ether oxygens (including phenoxy) is 1. The minimum absolute atomic E-state index is 0.204. The minimum atomic E-state index is -1.57. The van der Waals surface area contributed by atoms with Crippen molar-refractivity contribution in [1.82, 2.24) is 10.6 Å². The van der Waals surface area contributed by atoms with Crippen molar-refractivity contribution in [3.8, 4) is 22.6 Å². The first-order valence-corrected chi connectivity index (χ1v) is 15.2. The van der Waals surface area contributed by atoms with Gasteiger partial charge >= 0.3 is 11.9 Å². The van der Waals surface area contributed by atoms with Crippen LogP contribution in [-0.2, 0) is 22.4 Å². The lowest BCUT2D eigenvalue weighted by molar-refractivity contribution is -0.150. The first-order valence-electron chi connectivity index (χ1n) is 14.4. The van der Waals surface area contributed by atoms with Crippen LogP contribution in [0.2, 0.25) is 0 Å². The average molecular weight is 664 g/mol. The topological polar surface area (TPSA) is 105 Å². The first kappa shape index (κ1) is 31.2. The number of carboxylic acids is 1. The number of carbonyl (C=O) groups excluding carboxylic acids is 2. The third kappa shape index (κ3) is 8.68. The Balaban J connectivity index is 1.23. The molecule has 1 unspecified atom stereocenters. The van der Waals surface area contributed by atoms with Gasteiger partial charge in [0.1, 0.15) is 11.5 Å². The fourth-order valence-corrected chi connectivity index (χ4v) is 5.42. The van der Waals surface area contributed by atoms with E-state index in [0.717, 1.165) is 22.3 Å². The van der Waals surface area contributed by atoms with E-state index in [9.17, 15) is 19.5 Å².